The molecule has 30 heavy (non-hydrogen) atoms. The van der Waals surface area contributed by atoms with E-state index in [0.29, 0.717) is 6.42 Å². The van der Waals surface area contributed by atoms with E-state index in [0.717, 1.165) is 4.90 Å². The Morgan fingerprint density at radius 2 is 2.03 bits per heavy atom. The maximum absolute atomic E-state index is 12.7. The quantitative estimate of drug-likeness (QED) is 0.497. The molecule has 158 valence electrons. The molecular weight excluding hydrogens is 412 g/mol. The van der Waals surface area contributed by atoms with Gasteiger partial charge in [0.2, 0.25) is 5.91 Å². The number of hydrogen-bond acceptors (Lipinski definition) is 8. The molecule has 1 atom stereocenters. The lowest BCUT2D eigenvalue weighted by molar-refractivity contribution is -0.140. The molecule has 1 saturated heterocycles. The molecule has 2 amide bonds. The third-order valence-electron chi connectivity index (χ3n) is 4.39. The van der Waals surface area contributed by atoms with Crippen LogP contribution >= 0.6 is 0 Å². The summed E-state index contributed by atoms with van der Waals surface area (Å²) in [7, 11) is -2.59. The molecule has 11 heteroatoms. The molecule has 2 aromatic rings. The lowest BCUT2D eigenvalue weighted by Crippen LogP contribution is -2.31. The van der Waals surface area contributed by atoms with Crippen LogP contribution in [0.4, 0.5) is 5.82 Å². The summed E-state index contributed by atoms with van der Waals surface area (Å²) in [6.07, 6.45) is 2.00. The number of methoxy groups -OCH3 is 1. The van der Waals surface area contributed by atoms with Crippen molar-refractivity contribution in [1.29, 1.82) is 0 Å². The molecule has 3 heterocycles. The van der Waals surface area contributed by atoms with Gasteiger partial charge in [-0.1, -0.05) is 12.1 Å². The van der Waals surface area contributed by atoms with E-state index in [1.807, 2.05) is 0 Å². The number of nitrogens with zero attached hydrogens (tertiary/aromatic N) is 3. The SMILES string of the molecule is COC(=O)CCCNC(=O)c1cccc(C2N(c3ccccn3)C(=O)CS2(=O)=O)n1. The van der Waals surface area contributed by atoms with Gasteiger partial charge in [-0.15, -0.1) is 0 Å². The fourth-order valence-electron chi connectivity index (χ4n) is 3.02. The molecule has 3 rings (SSSR count). The van der Waals surface area contributed by atoms with Gasteiger partial charge in [0, 0.05) is 19.2 Å². The highest BCUT2D eigenvalue weighted by Gasteiger charge is 2.47. The average molecular weight is 432 g/mol. The van der Waals surface area contributed by atoms with Gasteiger partial charge in [0.05, 0.1) is 12.8 Å². The Hall–Kier alpha value is -3.34. The second kappa shape index (κ2) is 8.99. The third-order valence-corrected chi connectivity index (χ3v) is 6.17. The smallest absolute Gasteiger partial charge is 0.305 e. The zero-order valence-corrected chi connectivity index (χ0v) is 17.0. The molecule has 0 aromatic carbocycles. The van der Waals surface area contributed by atoms with Crippen LogP contribution in [0.5, 0.6) is 0 Å². The van der Waals surface area contributed by atoms with Gasteiger partial charge in [0.1, 0.15) is 17.3 Å². The van der Waals surface area contributed by atoms with Crippen molar-refractivity contribution in [1.82, 2.24) is 15.3 Å². The van der Waals surface area contributed by atoms with Gasteiger partial charge in [-0.3, -0.25) is 19.3 Å². The number of amides is 2. The van der Waals surface area contributed by atoms with E-state index < -0.39 is 32.8 Å². The maximum Gasteiger partial charge on any atom is 0.305 e. The summed E-state index contributed by atoms with van der Waals surface area (Å²) in [5.41, 5.74) is 0.0507. The largest absolute Gasteiger partial charge is 0.469 e. The van der Waals surface area contributed by atoms with Crippen LogP contribution in [-0.4, -0.2) is 55.6 Å². The van der Waals surface area contributed by atoms with E-state index in [1.54, 1.807) is 12.1 Å². The first kappa shape index (κ1) is 21.4. The highest BCUT2D eigenvalue weighted by molar-refractivity contribution is 7.93. The monoisotopic (exact) mass is 432 g/mol. The van der Waals surface area contributed by atoms with Crippen LogP contribution in [0, 0.1) is 0 Å². The Bertz CT molecular complexity index is 1060. The summed E-state index contributed by atoms with van der Waals surface area (Å²) in [5.74, 6) is -1.99. The fraction of sp³-hybridized carbons (Fsp3) is 0.316. The fourth-order valence-corrected chi connectivity index (χ4v) is 4.70. The van der Waals surface area contributed by atoms with E-state index in [2.05, 4.69) is 20.0 Å². The number of rotatable bonds is 7. The number of esters is 1. The highest BCUT2D eigenvalue weighted by Crippen LogP contribution is 2.35. The molecule has 1 aliphatic heterocycles. The van der Waals surface area contributed by atoms with Crippen LogP contribution in [0.2, 0.25) is 0 Å². The summed E-state index contributed by atoms with van der Waals surface area (Å²) in [5, 5.41) is 1.25. The molecule has 1 aliphatic rings. The predicted octanol–water partition coefficient (Wildman–Crippen LogP) is 0.620. The summed E-state index contributed by atoms with van der Waals surface area (Å²) in [6, 6.07) is 9.21. The second-order valence-electron chi connectivity index (χ2n) is 6.49. The van der Waals surface area contributed by atoms with Crippen LogP contribution in [0.15, 0.2) is 42.6 Å². The summed E-state index contributed by atoms with van der Waals surface area (Å²) < 4.78 is 29.9. The predicted molar refractivity (Wildman–Crippen MR) is 106 cm³/mol. The van der Waals surface area contributed by atoms with Gasteiger partial charge in [-0.2, -0.15) is 0 Å². The van der Waals surface area contributed by atoms with Crippen molar-refractivity contribution in [3.8, 4) is 0 Å². The number of anilines is 1. The number of ether oxygens (including phenoxy) is 1. The Morgan fingerprint density at radius 1 is 1.23 bits per heavy atom. The highest BCUT2D eigenvalue weighted by atomic mass is 32.2. The van der Waals surface area contributed by atoms with E-state index in [9.17, 15) is 22.8 Å². The van der Waals surface area contributed by atoms with Crippen LogP contribution in [-0.2, 0) is 24.2 Å². The molecule has 0 radical (unpaired) electrons. The van der Waals surface area contributed by atoms with Crippen LogP contribution in [0.1, 0.15) is 34.4 Å². The van der Waals surface area contributed by atoms with Crippen molar-refractivity contribution < 1.29 is 27.5 Å². The molecule has 1 unspecified atom stereocenters. The number of carbonyl (C=O) groups excluding carboxylic acids is 3. The molecule has 0 spiro atoms. The standard InChI is InChI=1S/C19H20N4O6S/c1-29-17(25)9-5-11-21-18(26)13-6-4-7-14(22-13)19-23(15-8-2-3-10-20-15)16(24)12-30(19,27)28/h2-4,6-8,10,19H,5,9,11-12H2,1H3,(H,21,26). The minimum Gasteiger partial charge on any atom is -0.469 e. The number of nitrogens with one attached hydrogen (secondary N) is 1. The van der Waals surface area contributed by atoms with E-state index in [-0.39, 0.29) is 36.1 Å². The number of hydrogen-bond donors (Lipinski definition) is 1. The third kappa shape index (κ3) is 4.62. The van der Waals surface area contributed by atoms with Gasteiger partial charge in [0.15, 0.2) is 15.2 Å². The van der Waals surface area contributed by atoms with Gasteiger partial charge < -0.3 is 10.1 Å². The van der Waals surface area contributed by atoms with Crippen LogP contribution < -0.4 is 10.2 Å². The summed E-state index contributed by atoms with van der Waals surface area (Å²) in [4.78, 5) is 45.2. The van der Waals surface area contributed by atoms with Gasteiger partial charge in [-0.25, -0.2) is 18.4 Å². The van der Waals surface area contributed by atoms with E-state index in [4.69, 9.17) is 0 Å². The van der Waals surface area contributed by atoms with E-state index in [1.165, 1.54) is 37.6 Å². The van der Waals surface area contributed by atoms with Crippen molar-refractivity contribution in [2.75, 3.05) is 24.3 Å². The Balaban J connectivity index is 1.82. The van der Waals surface area contributed by atoms with Crippen molar-refractivity contribution in [3.05, 3.63) is 54.0 Å². The van der Waals surface area contributed by atoms with Crippen LogP contribution in [0.25, 0.3) is 0 Å². The van der Waals surface area contributed by atoms with Gasteiger partial charge in [-0.05, 0) is 30.7 Å². The first-order chi connectivity index (χ1) is 14.3. The molecule has 1 fully saturated rings. The lowest BCUT2D eigenvalue weighted by Gasteiger charge is -2.22. The van der Waals surface area contributed by atoms with Crippen molar-refractivity contribution in [2.45, 2.75) is 18.2 Å². The molecule has 1 N–H and O–H groups in total. The van der Waals surface area contributed by atoms with Crippen molar-refractivity contribution in [3.63, 3.8) is 0 Å². The van der Waals surface area contributed by atoms with Gasteiger partial charge in [0.25, 0.3) is 5.91 Å². The molecule has 0 bridgehead atoms. The van der Waals surface area contributed by atoms with E-state index >= 15 is 0 Å². The molecule has 10 nitrogen and oxygen atoms in total. The average Bonchev–Trinajstić information content (AvgIpc) is 2.99. The Labute approximate surface area is 173 Å². The first-order valence-corrected chi connectivity index (χ1v) is 10.8. The Kier molecular flexibility index (Phi) is 6.40. The molecule has 2 aromatic heterocycles. The maximum atomic E-state index is 12.7. The number of sulfone groups is 1. The molecule has 0 aliphatic carbocycles. The second-order valence-corrected chi connectivity index (χ2v) is 8.56. The zero-order valence-electron chi connectivity index (χ0n) is 16.1. The minimum absolute atomic E-state index is 0.00101. The van der Waals surface area contributed by atoms with Crippen molar-refractivity contribution >= 4 is 33.4 Å². The number of pyridine rings is 2. The minimum atomic E-state index is -3.87. The molecular formula is C19H20N4O6S. The zero-order chi connectivity index (χ0) is 21.7. The number of carbonyl (C=O) groups is 3. The summed E-state index contributed by atoms with van der Waals surface area (Å²) >= 11 is 0. The molecule has 0 saturated carbocycles. The first-order valence-electron chi connectivity index (χ1n) is 9.10. The lowest BCUT2D eigenvalue weighted by atomic mass is 10.2. The van der Waals surface area contributed by atoms with Crippen molar-refractivity contribution in [2.24, 2.45) is 0 Å². The Morgan fingerprint density at radius 3 is 2.73 bits per heavy atom. The summed E-state index contributed by atoms with van der Waals surface area (Å²) in [6.45, 7) is 0.222. The normalized spacial score (nSPS) is 17.6. The van der Waals surface area contributed by atoms with Gasteiger partial charge >= 0.3 is 5.97 Å². The van der Waals surface area contributed by atoms with Crippen LogP contribution in [0.3, 0.4) is 0 Å². The number of aromatic nitrogens is 2. The topological polar surface area (TPSA) is 136 Å².